The minimum Gasteiger partial charge on any atom is -0.370 e. The fourth-order valence-electron chi connectivity index (χ4n) is 4.64. The number of nitriles is 1. The molecule has 2 aromatic rings. The molecule has 0 saturated carbocycles. The lowest BCUT2D eigenvalue weighted by Crippen LogP contribution is -2.51. The Morgan fingerprint density at radius 2 is 2.16 bits per heavy atom. The Hall–Kier alpha value is -2.69. The molecule has 2 aliphatic rings. The highest BCUT2D eigenvalue weighted by molar-refractivity contribution is 5.95. The molecule has 2 aliphatic heterocycles. The molecular weight excluding hydrogens is 390 g/mol. The number of aromatic nitrogens is 1. The molecule has 1 aromatic heterocycles. The van der Waals surface area contributed by atoms with Gasteiger partial charge >= 0.3 is 0 Å². The van der Waals surface area contributed by atoms with Crippen LogP contribution < -0.4 is 10.2 Å². The molecule has 2 fully saturated rings. The molecule has 1 aromatic carbocycles. The van der Waals surface area contributed by atoms with Gasteiger partial charge in [0.25, 0.3) is 0 Å². The number of hydrogen-bond acceptors (Lipinski definition) is 6. The second-order valence-corrected chi connectivity index (χ2v) is 9.03. The van der Waals surface area contributed by atoms with Gasteiger partial charge in [0.15, 0.2) is 0 Å². The standard InChI is InChI=1S/C24H31N5O2/c1-16(2)24(30)27-19-8-10-28(13-19)14-20-15-29(12-17(3)31-20)22-7-6-18(11-25)23-21(22)5-4-9-26-23/h4-7,9,16-17,19-20H,8,10,12-15H2,1-3H3,(H,27,30)/t17-,19?,20+/m1/s1. The average molecular weight is 422 g/mol. The van der Waals surface area contributed by atoms with Crippen LogP contribution in [0.25, 0.3) is 10.9 Å². The van der Waals surface area contributed by atoms with Gasteiger partial charge in [-0.3, -0.25) is 14.7 Å². The number of ether oxygens (including phenoxy) is 1. The highest BCUT2D eigenvalue weighted by Gasteiger charge is 2.31. The highest BCUT2D eigenvalue weighted by atomic mass is 16.5. The van der Waals surface area contributed by atoms with Gasteiger partial charge in [0, 0.05) is 62.0 Å². The van der Waals surface area contributed by atoms with Crippen molar-refractivity contribution >= 4 is 22.5 Å². The molecule has 1 N–H and O–H groups in total. The van der Waals surface area contributed by atoms with Crippen LogP contribution in [-0.2, 0) is 9.53 Å². The van der Waals surface area contributed by atoms with Gasteiger partial charge in [-0.2, -0.15) is 5.26 Å². The lowest BCUT2D eigenvalue weighted by atomic mass is 10.1. The molecule has 1 amide bonds. The summed E-state index contributed by atoms with van der Waals surface area (Å²) in [6.07, 6.45) is 2.92. The maximum atomic E-state index is 12.0. The van der Waals surface area contributed by atoms with Gasteiger partial charge in [-0.05, 0) is 37.6 Å². The SMILES string of the molecule is CC(C)C(=O)NC1CCN(C[C@H]2CN(c3ccc(C#N)c4ncccc34)C[C@@H](C)O2)C1. The predicted octanol–water partition coefficient (Wildman–Crippen LogP) is 2.55. The van der Waals surface area contributed by atoms with E-state index in [9.17, 15) is 10.1 Å². The van der Waals surface area contributed by atoms with Crippen LogP contribution in [0.2, 0.25) is 0 Å². The molecule has 3 heterocycles. The number of nitrogens with one attached hydrogen (secondary N) is 1. The molecule has 31 heavy (non-hydrogen) atoms. The Morgan fingerprint density at radius 3 is 2.94 bits per heavy atom. The topological polar surface area (TPSA) is 81.5 Å². The average Bonchev–Trinajstić information content (AvgIpc) is 3.18. The first-order chi connectivity index (χ1) is 14.9. The molecule has 7 heteroatoms. The molecule has 0 bridgehead atoms. The van der Waals surface area contributed by atoms with Crippen molar-refractivity contribution in [3.05, 3.63) is 36.0 Å². The van der Waals surface area contributed by atoms with Gasteiger partial charge in [0.05, 0.1) is 23.3 Å². The summed E-state index contributed by atoms with van der Waals surface area (Å²) in [6.45, 7) is 10.3. The zero-order valence-electron chi connectivity index (χ0n) is 18.5. The quantitative estimate of drug-likeness (QED) is 0.799. The van der Waals surface area contributed by atoms with Crippen LogP contribution in [-0.4, -0.2) is 66.8 Å². The Labute approximate surface area is 184 Å². The Balaban J connectivity index is 1.45. The number of carbonyl (C=O) groups is 1. The van der Waals surface area contributed by atoms with Gasteiger partial charge < -0.3 is 15.0 Å². The summed E-state index contributed by atoms with van der Waals surface area (Å²) in [5.74, 6) is 0.142. The van der Waals surface area contributed by atoms with Gasteiger partial charge in [-0.25, -0.2) is 0 Å². The van der Waals surface area contributed by atoms with Crippen LogP contribution in [0, 0.1) is 17.2 Å². The molecule has 1 unspecified atom stereocenters. The van der Waals surface area contributed by atoms with Crippen LogP contribution >= 0.6 is 0 Å². The number of fused-ring (bicyclic) bond motifs is 1. The number of hydrogen-bond donors (Lipinski definition) is 1. The summed E-state index contributed by atoms with van der Waals surface area (Å²) in [6, 6.07) is 10.3. The van der Waals surface area contributed by atoms with E-state index in [1.54, 1.807) is 6.20 Å². The van der Waals surface area contributed by atoms with Crippen LogP contribution in [0.4, 0.5) is 5.69 Å². The molecule has 2 saturated heterocycles. The monoisotopic (exact) mass is 421 g/mol. The fourth-order valence-corrected chi connectivity index (χ4v) is 4.64. The summed E-state index contributed by atoms with van der Waals surface area (Å²) < 4.78 is 6.27. The number of rotatable bonds is 5. The third-order valence-electron chi connectivity index (χ3n) is 6.14. The van der Waals surface area contributed by atoms with Crippen LogP contribution in [0.3, 0.4) is 0 Å². The number of anilines is 1. The maximum absolute atomic E-state index is 12.0. The zero-order valence-corrected chi connectivity index (χ0v) is 18.5. The van der Waals surface area contributed by atoms with Crippen LogP contribution in [0.15, 0.2) is 30.5 Å². The zero-order chi connectivity index (χ0) is 22.0. The molecule has 0 aliphatic carbocycles. The lowest BCUT2D eigenvalue weighted by molar-refractivity contribution is -0.124. The smallest absolute Gasteiger partial charge is 0.222 e. The third kappa shape index (κ3) is 4.81. The summed E-state index contributed by atoms with van der Waals surface area (Å²) >= 11 is 0. The van der Waals surface area contributed by atoms with Gasteiger partial charge in [-0.15, -0.1) is 0 Å². The first kappa shape index (κ1) is 21.5. The maximum Gasteiger partial charge on any atom is 0.222 e. The van der Waals surface area contributed by atoms with Crippen LogP contribution in [0.5, 0.6) is 0 Å². The van der Waals surface area contributed by atoms with Crippen molar-refractivity contribution in [1.29, 1.82) is 5.26 Å². The van der Waals surface area contributed by atoms with E-state index >= 15 is 0 Å². The normalized spacial score (nSPS) is 24.5. The second kappa shape index (κ2) is 9.21. The number of nitrogens with zero attached hydrogens (tertiary/aromatic N) is 4. The van der Waals surface area contributed by atoms with Gasteiger partial charge in [-0.1, -0.05) is 13.8 Å². The molecule has 164 valence electrons. The third-order valence-corrected chi connectivity index (χ3v) is 6.14. The first-order valence-electron chi connectivity index (χ1n) is 11.2. The van der Waals surface area contributed by atoms with Crippen molar-refractivity contribution in [2.75, 3.05) is 37.6 Å². The van der Waals surface area contributed by atoms with E-state index in [4.69, 9.17) is 4.74 Å². The fraction of sp³-hybridized carbons (Fsp3) is 0.542. The molecule has 0 radical (unpaired) electrons. The number of amides is 1. The Morgan fingerprint density at radius 1 is 1.32 bits per heavy atom. The summed E-state index contributed by atoms with van der Waals surface area (Å²) in [7, 11) is 0. The van der Waals surface area contributed by atoms with Crippen molar-refractivity contribution < 1.29 is 9.53 Å². The second-order valence-electron chi connectivity index (χ2n) is 9.03. The van der Waals surface area contributed by atoms with E-state index in [1.165, 1.54) is 0 Å². The van der Waals surface area contributed by atoms with Gasteiger partial charge in [0.1, 0.15) is 6.07 Å². The Bertz CT molecular complexity index is 986. The van der Waals surface area contributed by atoms with Crippen molar-refractivity contribution in [2.24, 2.45) is 5.92 Å². The summed E-state index contributed by atoms with van der Waals surface area (Å²) in [4.78, 5) is 21.2. The minimum absolute atomic E-state index is 0.0156. The number of likely N-dealkylation sites (tertiary alicyclic amines) is 1. The summed E-state index contributed by atoms with van der Waals surface area (Å²) in [5, 5.41) is 13.6. The van der Waals surface area contributed by atoms with E-state index in [2.05, 4.69) is 33.1 Å². The number of benzene rings is 1. The Kier molecular flexibility index (Phi) is 6.40. The number of morpholine rings is 1. The predicted molar refractivity (Wildman–Crippen MR) is 121 cm³/mol. The lowest BCUT2D eigenvalue weighted by Gasteiger charge is -2.40. The van der Waals surface area contributed by atoms with Crippen molar-refractivity contribution in [3.63, 3.8) is 0 Å². The first-order valence-corrected chi connectivity index (χ1v) is 11.2. The van der Waals surface area contributed by atoms with Crippen LogP contribution in [0.1, 0.15) is 32.8 Å². The van der Waals surface area contributed by atoms with E-state index in [-0.39, 0.29) is 30.1 Å². The minimum atomic E-state index is 0.0156. The van der Waals surface area contributed by atoms with E-state index in [0.29, 0.717) is 5.56 Å². The highest BCUT2D eigenvalue weighted by Crippen LogP contribution is 2.30. The van der Waals surface area contributed by atoms with E-state index in [0.717, 1.165) is 55.7 Å². The van der Waals surface area contributed by atoms with E-state index < -0.39 is 0 Å². The van der Waals surface area contributed by atoms with Crippen molar-refractivity contribution in [3.8, 4) is 6.07 Å². The van der Waals surface area contributed by atoms with Crippen molar-refractivity contribution in [1.82, 2.24) is 15.2 Å². The number of pyridine rings is 1. The molecule has 3 atom stereocenters. The molecule has 0 spiro atoms. The number of carbonyl (C=O) groups excluding carboxylic acids is 1. The van der Waals surface area contributed by atoms with Crippen molar-refractivity contribution in [2.45, 2.75) is 45.4 Å². The van der Waals surface area contributed by atoms with E-state index in [1.807, 2.05) is 38.1 Å². The molecule has 4 rings (SSSR count). The van der Waals surface area contributed by atoms with Gasteiger partial charge in [0.2, 0.25) is 5.91 Å². The molecule has 7 nitrogen and oxygen atoms in total. The largest absolute Gasteiger partial charge is 0.370 e. The summed E-state index contributed by atoms with van der Waals surface area (Å²) in [5.41, 5.74) is 2.45. The molecular formula is C24H31N5O2.